The van der Waals surface area contributed by atoms with Crippen molar-refractivity contribution in [2.24, 2.45) is 0 Å². The summed E-state index contributed by atoms with van der Waals surface area (Å²) in [6.45, 7) is 0.504. The first-order chi connectivity index (χ1) is 16.6. The Balaban J connectivity index is 1.21. The predicted octanol–water partition coefficient (Wildman–Crippen LogP) is 4.84. The highest BCUT2D eigenvalue weighted by molar-refractivity contribution is 9.10. The Morgan fingerprint density at radius 3 is 2.21 bits per heavy atom. The minimum absolute atomic E-state index is 0.0618. The van der Waals surface area contributed by atoms with E-state index in [2.05, 4.69) is 43.7 Å². The molecule has 1 amide bonds. The lowest BCUT2D eigenvalue weighted by atomic mass is 10.1. The third kappa shape index (κ3) is 4.90. The van der Waals surface area contributed by atoms with E-state index in [0.29, 0.717) is 11.3 Å². The first-order valence-corrected chi connectivity index (χ1v) is 12.3. The fraction of sp³-hybridized carbons (Fsp3) is 0.120. The van der Waals surface area contributed by atoms with Crippen LogP contribution in [-0.4, -0.2) is 33.2 Å². The molecule has 34 heavy (non-hydrogen) atoms. The number of amides is 1. The summed E-state index contributed by atoms with van der Waals surface area (Å²) in [5, 5.41) is 11.0. The number of benzene rings is 3. The maximum absolute atomic E-state index is 12.8. The topological polar surface area (TPSA) is 80.1 Å². The normalized spacial score (nSPS) is 12.1. The highest BCUT2D eigenvalue weighted by Gasteiger charge is 2.24. The van der Waals surface area contributed by atoms with E-state index in [1.165, 1.54) is 4.68 Å². The van der Waals surface area contributed by atoms with Gasteiger partial charge in [0.2, 0.25) is 5.91 Å². The SMILES string of the molecule is O=C(CN1c2ccccc2Sc2ccccc21)NCc1cn(CC(=O)c2ccc(Br)cc2)nn1. The summed E-state index contributed by atoms with van der Waals surface area (Å²) in [6, 6.07) is 23.3. The van der Waals surface area contributed by atoms with Crippen LogP contribution in [0.15, 0.2) is 93.3 Å². The smallest absolute Gasteiger partial charge is 0.240 e. The maximum atomic E-state index is 12.8. The van der Waals surface area contributed by atoms with Gasteiger partial charge in [-0.15, -0.1) is 5.10 Å². The van der Waals surface area contributed by atoms with Gasteiger partial charge in [0.15, 0.2) is 5.78 Å². The second-order valence-corrected chi connectivity index (χ2v) is 9.74. The van der Waals surface area contributed by atoms with Crippen LogP contribution in [0.25, 0.3) is 0 Å². The molecule has 0 fully saturated rings. The zero-order valence-electron chi connectivity index (χ0n) is 18.0. The zero-order valence-corrected chi connectivity index (χ0v) is 20.4. The Labute approximate surface area is 209 Å². The molecule has 0 atom stereocenters. The molecule has 4 aromatic rings. The fourth-order valence-electron chi connectivity index (χ4n) is 3.71. The molecule has 2 heterocycles. The molecule has 1 aliphatic heterocycles. The summed E-state index contributed by atoms with van der Waals surface area (Å²) in [6.07, 6.45) is 1.68. The quantitative estimate of drug-likeness (QED) is 0.342. The number of nitrogens with one attached hydrogen (secondary N) is 1. The van der Waals surface area contributed by atoms with Crippen molar-refractivity contribution in [1.29, 1.82) is 0 Å². The molecule has 170 valence electrons. The number of halogens is 1. The number of nitrogens with zero attached hydrogens (tertiary/aromatic N) is 4. The monoisotopic (exact) mass is 533 g/mol. The lowest BCUT2D eigenvalue weighted by Crippen LogP contribution is -2.35. The highest BCUT2D eigenvalue weighted by atomic mass is 79.9. The van der Waals surface area contributed by atoms with Gasteiger partial charge < -0.3 is 10.2 Å². The zero-order chi connectivity index (χ0) is 23.5. The summed E-state index contributed by atoms with van der Waals surface area (Å²) in [5.41, 5.74) is 3.22. The van der Waals surface area contributed by atoms with Gasteiger partial charge in [0.25, 0.3) is 0 Å². The average Bonchev–Trinajstić information content (AvgIpc) is 3.30. The molecule has 0 unspecified atom stereocenters. The first kappa shape index (κ1) is 22.4. The molecule has 1 aromatic heterocycles. The second-order valence-electron chi connectivity index (χ2n) is 7.74. The lowest BCUT2D eigenvalue weighted by Gasteiger charge is -2.32. The Kier molecular flexibility index (Phi) is 6.46. The number of aromatic nitrogens is 3. The number of fused-ring (bicyclic) bond motifs is 2. The van der Waals surface area contributed by atoms with E-state index in [4.69, 9.17) is 0 Å². The third-order valence-electron chi connectivity index (χ3n) is 5.36. The van der Waals surface area contributed by atoms with Gasteiger partial charge in [-0.3, -0.25) is 9.59 Å². The molecule has 0 bridgehead atoms. The van der Waals surface area contributed by atoms with Gasteiger partial charge in [0, 0.05) is 19.8 Å². The number of carbonyl (C=O) groups excluding carboxylic acids is 2. The van der Waals surface area contributed by atoms with Gasteiger partial charge in [-0.1, -0.05) is 69.3 Å². The van der Waals surface area contributed by atoms with Crippen molar-refractivity contribution in [3.8, 4) is 0 Å². The Bertz CT molecular complexity index is 1310. The highest BCUT2D eigenvalue weighted by Crippen LogP contribution is 2.47. The van der Waals surface area contributed by atoms with Crippen LogP contribution in [0.2, 0.25) is 0 Å². The van der Waals surface area contributed by atoms with Crippen LogP contribution in [0, 0.1) is 0 Å². The summed E-state index contributed by atoms with van der Waals surface area (Å²) in [4.78, 5) is 29.5. The molecular weight excluding hydrogens is 514 g/mol. The number of para-hydroxylation sites is 2. The predicted molar refractivity (Wildman–Crippen MR) is 134 cm³/mol. The van der Waals surface area contributed by atoms with E-state index in [1.807, 2.05) is 53.4 Å². The van der Waals surface area contributed by atoms with E-state index in [-0.39, 0.29) is 31.3 Å². The van der Waals surface area contributed by atoms with Gasteiger partial charge in [-0.05, 0) is 36.4 Å². The number of hydrogen-bond acceptors (Lipinski definition) is 6. The first-order valence-electron chi connectivity index (χ1n) is 10.6. The lowest BCUT2D eigenvalue weighted by molar-refractivity contribution is -0.119. The summed E-state index contributed by atoms with van der Waals surface area (Å²) in [7, 11) is 0. The summed E-state index contributed by atoms with van der Waals surface area (Å²) < 4.78 is 2.40. The van der Waals surface area contributed by atoms with Crippen molar-refractivity contribution in [2.45, 2.75) is 22.9 Å². The van der Waals surface area contributed by atoms with Crippen molar-refractivity contribution >= 4 is 50.8 Å². The van der Waals surface area contributed by atoms with E-state index in [9.17, 15) is 9.59 Å². The van der Waals surface area contributed by atoms with Crippen LogP contribution >= 0.6 is 27.7 Å². The summed E-state index contributed by atoms with van der Waals surface area (Å²) >= 11 is 5.07. The minimum atomic E-state index is -0.128. The van der Waals surface area contributed by atoms with Crippen molar-refractivity contribution in [3.05, 3.63) is 94.7 Å². The Morgan fingerprint density at radius 2 is 1.53 bits per heavy atom. The molecule has 0 saturated carbocycles. The van der Waals surface area contributed by atoms with Crippen molar-refractivity contribution in [2.75, 3.05) is 11.4 Å². The van der Waals surface area contributed by atoms with Crippen LogP contribution < -0.4 is 10.2 Å². The third-order valence-corrected chi connectivity index (χ3v) is 7.02. The van der Waals surface area contributed by atoms with Crippen LogP contribution in [0.4, 0.5) is 11.4 Å². The van der Waals surface area contributed by atoms with Crippen molar-refractivity contribution in [3.63, 3.8) is 0 Å². The molecule has 3 aromatic carbocycles. The van der Waals surface area contributed by atoms with Gasteiger partial charge in [-0.2, -0.15) is 0 Å². The van der Waals surface area contributed by atoms with Gasteiger partial charge in [-0.25, -0.2) is 4.68 Å². The number of ketones is 1. The minimum Gasteiger partial charge on any atom is -0.349 e. The fourth-order valence-corrected chi connectivity index (χ4v) is 5.07. The van der Waals surface area contributed by atoms with Crippen LogP contribution in [0.1, 0.15) is 16.1 Å². The molecule has 0 spiro atoms. The molecule has 0 saturated heterocycles. The van der Waals surface area contributed by atoms with Crippen molar-refractivity contribution in [1.82, 2.24) is 20.3 Å². The largest absolute Gasteiger partial charge is 0.349 e. The summed E-state index contributed by atoms with van der Waals surface area (Å²) in [5.74, 6) is -0.190. The van der Waals surface area contributed by atoms with Crippen molar-refractivity contribution < 1.29 is 9.59 Å². The molecule has 5 rings (SSSR count). The molecule has 0 aliphatic carbocycles. The molecule has 0 radical (unpaired) electrons. The van der Waals surface area contributed by atoms with Gasteiger partial charge in [0.1, 0.15) is 18.8 Å². The molecule has 9 heteroatoms. The average molecular weight is 534 g/mol. The Hall–Kier alpha value is -3.43. The van der Waals surface area contributed by atoms with E-state index < -0.39 is 0 Å². The van der Waals surface area contributed by atoms with Crippen LogP contribution in [-0.2, 0) is 17.9 Å². The van der Waals surface area contributed by atoms with E-state index in [1.54, 1.807) is 30.1 Å². The maximum Gasteiger partial charge on any atom is 0.240 e. The number of rotatable bonds is 7. The van der Waals surface area contributed by atoms with Crippen LogP contribution in [0.5, 0.6) is 0 Å². The molecule has 1 aliphatic rings. The Morgan fingerprint density at radius 1 is 0.882 bits per heavy atom. The molecule has 1 N–H and O–H groups in total. The number of Topliss-reactive ketones (excluding diaryl/α,β-unsaturated/α-hetero) is 1. The molecular formula is C25H20BrN5O2S. The standard InChI is InChI=1S/C25H20BrN5O2S/c26-18-11-9-17(10-12-18)22(32)15-30-14-19(28-29-30)13-27-25(33)16-31-20-5-1-3-7-23(20)34-24-8-4-2-6-21(24)31/h1-12,14H,13,15-16H2,(H,27,33). The molecule has 7 nitrogen and oxygen atoms in total. The number of anilines is 2. The van der Waals surface area contributed by atoms with Gasteiger partial charge in [0.05, 0.1) is 24.1 Å². The van der Waals surface area contributed by atoms with E-state index in [0.717, 1.165) is 25.6 Å². The second kappa shape index (κ2) is 9.82. The van der Waals surface area contributed by atoms with Gasteiger partial charge >= 0.3 is 0 Å². The number of carbonyl (C=O) groups is 2. The number of hydrogen-bond donors (Lipinski definition) is 1. The van der Waals surface area contributed by atoms with E-state index >= 15 is 0 Å². The van der Waals surface area contributed by atoms with Crippen LogP contribution in [0.3, 0.4) is 0 Å².